The van der Waals surface area contributed by atoms with E-state index in [2.05, 4.69) is 12.1 Å². The van der Waals surface area contributed by atoms with Crippen LogP contribution in [0.2, 0.25) is 0 Å². The molecule has 2 aromatic carbocycles. The van der Waals surface area contributed by atoms with Gasteiger partial charge in [0.25, 0.3) is 0 Å². The molecule has 0 radical (unpaired) electrons. The summed E-state index contributed by atoms with van der Waals surface area (Å²) in [5.74, 6) is 1.97. The molecule has 0 heterocycles. The van der Waals surface area contributed by atoms with E-state index >= 15 is 0 Å². The van der Waals surface area contributed by atoms with Gasteiger partial charge in [-0.05, 0) is 69.0 Å². The van der Waals surface area contributed by atoms with Gasteiger partial charge in [0.05, 0.1) is 53.4 Å². The summed E-state index contributed by atoms with van der Waals surface area (Å²) in [6.07, 6.45) is 0.923. The average Bonchev–Trinajstić information content (AvgIpc) is 3.10. The second-order valence-electron chi connectivity index (χ2n) is 12.4. The Labute approximate surface area is 296 Å². The van der Waals surface area contributed by atoms with Gasteiger partial charge < -0.3 is 38.4 Å². The van der Waals surface area contributed by atoms with Gasteiger partial charge in [-0.3, -0.25) is 9.59 Å². The van der Waals surface area contributed by atoms with Gasteiger partial charge in [0.1, 0.15) is 5.60 Å². The summed E-state index contributed by atoms with van der Waals surface area (Å²) < 4.78 is 27.0. The van der Waals surface area contributed by atoms with E-state index in [1.54, 1.807) is 71.1 Å². The number of hydrogen-bond donors (Lipinski definition) is 0. The molecule has 0 unspecified atom stereocenters. The van der Waals surface area contributed by atoms with Gasteiger partial charge in [0, 0.05) is 52.1 Å². The van der Waals surface area contributed by atoms with E-state index in [9.17, 15) is 24.9 Å². The van der Waals surface area contributed by atoms with Crippen LogP contribution in [0.4, 0.5) is 4.79 Å². The Bertz CT molecular complexity index is 1400. The zero-order valence-corrected chi connectivity index (χ0v) is 30.5. The van der Waals surface area contributed by atoms with Crippen molar-refractivity contribution in [1.29, 1.82) is 10.5 Å². The van der Waals surface area contributed by atoms with Gasteiger partial charge in [-0.1, -0.05) is 12.1 Å². The molecule has 0 fully saturated rings. The fourth-order valence-corrected chi connectivity index (χ4v) is 5.09. The first-order valence-corrected chi connectivity index (χ1v) is 16.6. The lowest BCUT2D eigenvalue weighted by Gasteiger charge is -2.32. The lowest BCUT2D eigenvalue weighted by molar-refractivity contribution is -0.131. The first-order valence-electron chi connectivity index (χ1n) is 16.6. The van der Waals surface area contributed by atoms with Crippen LogP contribution in [0.5, 0.6) is 23.0 Å². The largest absolute Gasteiger partial charge is 0.493 e. The fourth-order valence-electron chi connectivity index (χ4n) is 5.09. The Hall–Kier alpha value is -5.17. The number of amides is 3. The van der Waals surface area contributed by atoms with Crippen molar-refractivity contribution in [2.45, 2.75) is 64.9 Å². The molecular weight excluding hydrogens is 642 g/mol. The molecule has 0 atom stereocenters. The number of methoxy groups -OCH3 is 4. The molecule has 13 heteroatoms. The van der Waals surface area contributed by atoms with Gasteiger partial charge in [-0.25, -0.2) is 4.79 Å². The third kappa shape index (κ3) is 13.7. The molecule has 0 aliphatic heterocycles. The summed E-state index contributed by atoms with van der Waals surface area (Å²) >= 11 is 0. The van der Waals surface area contributed by atoms with Gasteiger partial charge in [-0.2, -0.15) is 10.5 Å². The summed E-state index contributed by atoms with van der Waals surface area (Å²) in [4.78, 5) is 44.7. The number of aryl methyl sites for hydroxylation is 2. The average molecular weight is 694 g/mol. The lowest BCUT2D eigenvalue weighted by atomic mass is 10.1. The molecule has 0 spiro atoms. The molecule has 272 valence electrons. The maximum absolute atomic E-state index is 13.4. The quantitative estimate of drug-likeness (QED) is 0.185. The van der Waals surface area contributed by atoms with Crippen molar-refractivity contribution in [1.82, 2.24) is 14.7 Å². The molecule has 0 aromatic heterocycles. The number of carbonyl (C=O) groups excluding carboxylic acids is 3. The summed E-state index contributed by atoms with van der Waals surface area (Å²) in [7, 11) is 6.20. The van der Waals surface area contributed by atoms with Crippen LogP contribution in [0.1, 0.15) is 57.6 Å². The minimum Gasteiger partial charge on any atom is -0.493 e. The molecule has 0 aliphatic rings. The first-order chi connectivity index (χ1) is 23.9. The standard InChI is InChI=1S/C37H51N5O8/c1-37(2,3)50-36(45)42(24-22-40(20-8-18-38)34(43)16-12-28-10-14-30(46-4)32(26-28)48-6)25-23-41(21-9-19-39)35(44)17-13-29-11-15-31(47-5)33(27-29)49-7/h10-11,14-15,26-27H,8-9,12-13,16-17,20-25H2,1-7H3. The normalized spacial score (nSPS) is 10.7. The van der Waals surface area contributed by atoms with E-state index in [0.29, 0.717) is 35.8 Å². The molecule has 0 bridgehead atoms. The molecule has 2 rings (SSSR count). The van der Waals surface area contributed by atoms with Crippen LogP contribution in [0.3, 0.4) is 0 Å². The maximum atomic E-state index is 13.4. The van der Waals surface area contributed by atoms with Crippen LogP contribution in [0, 0.1) is 22.7 Å². The van der Waals surface area contributed by atoms with E-state index in [1.807, 2.05) is 24.3 Å². The van der Waals surface area contributed by atoms with Gasteiger partial charge >= 0.3 is 6.09 Å². The summed E-state index contributed by atoms with van der Waals surface area (Å²) in [6.45, 7) is 6.25. The highest BCUT2D eigenvalue weighted by Crippen LogP contribution is 2.29. The van der Waals surface area contributed by atoms with E-state index < -0.39 is 11.7 Å². The topological polar surface area (TPSA) is 155 Å². The van der Waals surface area contributed by atoms with Crippen LogP contribution < -0.4 is 18.9 Å². The Balaban J connectivity index is 2.16. The van der Waals surface area contributed by atoms with Crippen LogP contribution in [-0.2, 0) is 27.2 Å². The van der Waals surface area contributed by atoms with E-state index in [0.717, 1.165) is 11.1 Å². The van der Waals surface area contributed by atoms with Crippen molar-refractivity contribution in [2.75, 3.05) is 67.7 Å². The highest BCUT2D eigenvalue weighted by Gasteiger charge is 2.25. The highest BCUT2D eigenvalue weighted by molar-refractivity contribution is 5.77. The second kappa shape index (κ2) is 21.0. The van der Waals surface area contributed by atoms with Crippen LogP contribution >= 0.6 is 0 Å². The molecule has 0 saturated carbocycles. The number of nitrogens with zero attached hydrogens (tertiary/aromatic N) is 5. The van der Waals surface area contributed by atoms with Crippen molar-refractivity contribution in [3.05, 3.63) is 47.5 Å². The van der Waals surface area contributed by atoms with E-state index in [4.69, 9.17) is 23.7 Å². The lowest BCUT2D eigenvalue weighted by Crippen LogP contribution is -2.47. The van der Waals surface area contributed by atoms with Gasteiger partial charge in [-0.15, -0.1) is 0 Å². The molecule has 0 aliphatic carbocycles. The predicted octanol–water partition coefficient (Wildman–Crippen LogP) is 5.01. The van der Waals surface area contributed by atoms with Gasteiger partial charge in [0.2, 0.25) is 11.8 Å². The number of rotatable bonds is 20. The van der Waals surface area contributed by atoms with E-state index in [1.165, 1.54) is 4.90 Å². The van der Waals surface area contributed by atoms with Crippen molar-refractivity contribution >= 4 is 17.9 Å². The zero-order valence-electron chi connectivity index (χ0n) is 30.5. The predicted molar refractivity (Wildman–Crippen MR) is 187 cm³/mol. The number of carbonyl (C=O) groups is 3. The zero-order chi connectivity index (χ0) is 37.1. The maximum Gasteiger partial charge on any atom is 0.410 e. The van der Waals surface area contributed by atoms with Crippen molar-refractivity contribution < 1.29 is 38.1 Å². The molecule has 50 heavy (non-hydrogen) atoms. The number of benzene rings is 2. The van der Waals surface area contributed by atoms with Crippen molar-refractivity contribution in [2.24, 2.45) is 0 Å². The first kappa shape index (κ1) is 41.0. The minimum absolute atomic E-state index is 0.119. The van der Waals surface area contributed by atoms with Crippen molar-refractivity contribution in [3.8, 4) is 35.1 Å². The number of hydrogen-bond acceptors (Lipinski definition) is 10. The third-order valence-corrected chi connectivity index (χ3v) is 7.77. The Morgan fingerprint density at radius 3 is 1.32 bits per heavy atom. The minimum atomic E-state index is -0.777. The fraction of sp³-hybridized carbons (Fsp3) is 0.541. The monoisotopic (exact) mass is 693 g/mol. The van der Waals surface area contributed by atoms with Crippen molar-refractivity contribution in [3.63, 3.8) is 0 Å². The van der Waals surface area contributed by atoms with Gasteiger partial charge in [0.15, 0.2) is 23.0 Å². The molecule has 0 saturated heterocycles. The highest BCUT2D eigenvalue weighted by atomic mass is 16.6. The Morgan fingerprint density at radius 2 is 0.980 bits per heavy atom. The SMILES string of the molecule is COc1ccc(CCC(=O)N(CCC#N)CCN(CCN(CCC#N)C(=O)CCc2ccc(OC)c(OC)c2)C(=O)OC(C)(C)C)cc1OC. The Kier molecular flexibility index (Phi) is 17.2. The number of nitriles is 2. The van der Waals surface area contributed by atoms with Crippen LogP contribution in [0.15, 0.2) is 36.4 Å². The summed E-state index contributed by atoms with van der Waals surface area (Å²) in [5.41, 5.74) is 1.00. The third-order valence-electron chi connectivity index (χ3n) is 7.77. The summed E-state index contributed by atoms with van der Waals surface area (Å²) in [6, 6.07) is 15.1. The smallest absolute Gasteiger partial charge is 0.410 e. The Morgan fingerprint density at radius 1 is 0.600 bits per heavy atom. The number of ether oxygens (including phenoxy) is 5. The molecule has 0 N–H and O–H groups in total. The molecule has 3 amide bonds. The molecular formula is C37H51N5O8. The summed E-state index contributed by atoms with van der Waals surface area (Å²) in [5, 5.41) is 18.5. The van der Waals surface area contributed by atoms with E-state index in [-0.39, 0.29) is 76.8 Å². The molecule has 2 aromatic rings. The van der Waals surface area contributed by atoms with Crippen LogP contribution in [-0.4, -0.2) is 106 Å². The molecule has 13 nitrogen and oxygen atoms in total. The second-order valence-corrected chi connectivity index (χ2v) is 12.4. The van der Waals surface area contributed by atoms with Crippen LogP contribution in [0.25, 0.3) is 0 Å².